The standard InChI is InChI=1S/C22H36O3/c1-3-4-5-10-19(24)11-12-20-21-14-17(9-7-6-8-16(2)23)13-18(21)15-22(20)25/h11-13,18-22,24-25H,3-10,14-15H2,1-2H3/b12-11+/t18-,19-,20+,21-,22+/m0/s1. The fourth-order valence-electron chi connectivity index (χ4n) is 4.47. The first kappa shape index (κ1) is 20.4. The van der Waals surface area contributed by atoms with Gasteiger partial charge in [-0.3, -0.25) is 0 Å². The molecule has 3 heteroatoms. The fraction of sp³-hybridized carbons (Fsp3) is 0.773. The lowest BCUT2D eigenvalue weighted by Crippen LogP contribution is -2.18. The predicted molar refractivity (Wildman–Crippen MR) is 102 cm³/mol. The Morgan fingerprint density at radius 3 is 2.84 bits per heavy atom. The third kappa shape index (κ3) is 6.38. The van der Waals surface area contributed by atoms with Gasteiger partial charge in [0.25, 0.3) is 0 Å². The Morgan fingerprint density at radius 2 is 2.12 bits per heavy atom. The van der Waals surface area contributed by atoms with Gasteiger partial charge < -0.3 is 15.0 Å². The molecule has 0 aromatic heterocycles. The molecule has 2 aliphatic carbocycles. The zero-order chi connectivity index (χ0) is 18.2. The molecule has 0 saturated heterocycles. The van der Waals surface area contributed by atoms with Crippen molar-refractivity contribution in [2.45, 2.75) is 90.3 Å². The van der Waals surface area contributed by atoms with Gasteiger partial charge in [0.1, 0.15) is 5.78 Å². The molecule has 0 spiro atoms. The molecule has 2 rings (SSSR count). The van der Waals surface area contributed by atoms with Crippen molar-refractivity contribution < 1.29 is 15.0 Å². The number of ketones is 1. The van der Waals surface area contributed by atoms with Crippen LogP contribution in [0.2, 0.25) is 0 Å². The summed E-state index contributed by atoms with van der Waals surface area (Å²) in [6.45, 7) is 3.83. The zero-order valence-electron chi connectivity index (χ0n) is 16.0. The van der Waals surface area contributed by atoms with E-state index in [1.807, 2.05) is 6.08 Å². The minimum atomic E-state index is -0.377. The normalized spacial score (nSPS) is 29.8. The second-order valence-electron chi connectivity index (χ2n) is 8.09. The Labute approximate surface area is 153 Å². The Balaban J connectivity index is 1.78. The van der Waals surface area contributed by atoms with Crippen LogP contribution in [0, 0.1) is 17.8 Å². The number of carbonyl (C=O) groups excluding carboxylic acids is 1. The second-order valence-corrected chi connectivity index (χ2v) is 8.09. The van der Waals surface area contributed by atoms with E-state index in [0.717, 1.165) is 44.9 Å². The smallest absolute Gasteiger partial charge is 0.129 e. The maximum Gasteiger partial charge on any atom is 0.129 e. The monoisotopic (exact) mass is 348 g/mol. The summed E-state index contributed by atoms with van der Waals surface area (Å²) in [5, 5.41) is 20.5. The van der Waals surface area contributed by atoms with Gasteiger partial charge in [0.2, 0.25) is 0 Å². The van der Waals surface area contributed by atoms with Gasteiger partial charge in [-0.2, -0.15) is 0 Å². The van der Waals surface area contributed by atoms with Gasteiger partial charge in [-0.1, -0.05) is 50.0 Å². The summed E-state index contributed by atoms with van der Waals surface area (Å²) in [6.07, 6.45) is 15.7. The molecule has 0 heterocycles. The molecule has 0 aromatic carbocycles. The van der Waals surface area contributed by atoms with Crippen molar-refractivity contribution in [1.29, 1.82) is 0 Å². The van der Waals surface area contributed by atoms with E-state index in [1.165, 1.54) is 18.4 Å². The summed E-state index contributed by atoms with van der Waals surface area (Å²) in [6, 6.07) is 0. The number of rotatable bonds is 11. The Bertz CT molecular complexity index is 480. The van der Waals surface area contributed by atoms with Crippen LogP contribution in [0.15, 0.2) is 23.8 Å². The van der Waals surface area contributed by atoms with Gasteiger partial charge in [-0.05, 0) is 57.3 Å². The summed E-state index contributed by atoms with van der Waals surface area (Å²) < 4.78 is 0. The second kappa shape index (κ2) is 10.3. The van der Waals surface area contributed by atoms with E-state index in [9.17, 15) is 15.0 Å². The average Bonchev–Trinajstić information content (AvgIpc) is 3.06. The van der Waals surface area contributed by atoms with Gasteiger partial charge in [0.05, 0.1) is 12.2 Å². The van der Waals surface area contributed by atoms with Crippen LogP contribution in [0.4, 0.5) is 0 Å². The first-order valence-corrected chi connectivity index (χ1v) is 10.2. The molecule has 25 heavy (non-hydrogen) atoms. The van der Waals surface area contributed by atoms with Gasteiger partial charge in [-0.25, -0.2) is 0 Å². The lowest BCUT2D eigenvalue weighted by Gasteiger charge is -2.19. The van der Waals surface area contributed by atoms with Gasteiger partial charge in [-0.15, -0.1) is 0 Å². The summed E-state index contributed by atoms with van der Waals surface area (Å²) in [5.74, 6) is 1.45. The molecule has 2 N–H and O–H groups in total. The minimum Gasteiger partial charge on any atom is -0.392 e. The number of hydrogen-bond acceptors (Lipinski definition) is 3. The molecule has 0 amide bonds. The maximum absolute atomic E-state index is 11.0. The number of carbonyl (C=O) groups is 1. The van der Waals surface area contributed by atoms with Crippen LogP contribution in [0.5, 0.6) is 0 Å². The molecular formula is C22H36O3. The highest BCUT2D eigenvalue weighted by Crippen LogP contribution is 2.48. The Kier molecular flexibility index (Phi) is 8.38. The number of fused-ring (bicyclic) bond motifs is 1. The summed E-state index contributed by atoms with van der Waals surface area (Å²) in [7, 11) is 0. The molecule has 1 fully saturated rings. The molecule has 3 nitrogen and oxygen atoms in total. The van der Waals surface area contributed by atoms with E-state index in [1.54, 1.807) is 6.92 Å². The molecule has 0 bridgehead atoms. The van der Waals surface area contributed by atoms with E-state index in [4.69, 9.17) is 0 Å². The van der Waals surface area contributed by atoms with Gasteiger partial charge in [0.15, 0.2) is 0 Å². The fourth-order valence-corrected chi connectivity index (χ4v) is 4.47. The molecule has 0 unspecified atom stereocenters. The highest BCUT2D eigenvalue weighted by Gasteiger charge is 2.43. The zero-order valence-corrected chi connectivity index (χ0v) is 16.0. The molecule has 0 aliphatic heterocycles. The van der Waals surface area contributed by atoms with E-state index < -0.39 is 0 Å². The summed E-state index contributed by atoms with van der Waals surface area (Å²) in [5.41, 5.74) is 1.51. The molecule has 0 aromatic rings. The number of Topliss-reactive ketones (excluding diaryl/α,β-unsaturated/α-hetero) is 1. The van der Waals surface area contributed by atoms with Crippen LogP contribution in [-0.4, -0.2) is 28.2 Å². The molecule has 2 aliphatic rings. The van der Waals surface area contributed by atoms with E-state index in [-0.39, 0.29) is 23.9 Å². The van der Waals surface area contributed by atoms with E-state index in [2.05, 4.69) is 19.1 Å². The van der Waals surface area contributed by atoms with Crippen LogP contribution < -0.4 is 0 Å². The third-order valence-corrected chi connectivity index (χ3v) is 5.89. The highest BCUT2D eigenvalue weighted by atomic mass is 16.3. The van der Waals surface area contributed by atoms with Crippen LogP contribution in [0.1, 0.15) is 78.1 Å². The minimum absolute atomic E-state index is 0.178. The van der Waals surface area contributed by atoms with E-state index in [0.29, 0.717) is 18.3 Å². The number of unbranched alkanes of at least 4 members (excludes halogenated alkanes) is 3. The number of aliphatic hydroxyl groups excluding tert-OH is 2. The molecular weight excluding hydrogens is 312 g/mol. The van der Waals surface area contributed by atoms with Crippen LogP contribution in [-0.2, 0) is 4.79 Å². The maximum atomic E-state index is 11.0. The highest BCUT2D eigenvalue weighted by molar-refractivity contribution is 5.75. The van der Waals surface area contributed by atoms with Gasteiger partial charge in [0, 0.05) is 12.3 Å². The Morgan fingerprint density at radius 1 is 1.32 bits per heavy atom. The first-order chi connectivity index (χ1) is 12.0. The topological polar surface area (TPSA) is 57.5 Å². The predicted octanol–water partition coefficient (Wildman–Crippen LogP) is 4.58. The third-order valence-electron chi connectivity index (χ3n) is 5.89. The molecule has 1 saturated carbocycles. The molecule has 142 valence electrons. The van der Waals surface area contributed by atoms with Crippen molar-refractivity contribution >= 4 is 5.78 Å². The molecule has 5 atom stereocenters. The Hall–Kier alpha value is -0.930. The number of allylic oxidation sites excluding steroid dienone is 2. The SMILES string of the molecule is CCCCC[C@H](O)/C=C/[C@@H]1[C@H]2CC(CCCCC(C)=O)=C[C@H]2C[C@H]1O. The van der Waals surface area contributed by atoms with Crippen LogP contribution in [0.3, 0.4) is 0 Å². The van der Waals surface area contributed by atoms with Crippen molar-refractivity contribution in [3.63, 3.8) is 0 Å². The lowest BCUT2D eigenvalue weighted by molar-refractivity contribution is -0.117. The van der Waals surface area contributed by atoms with Crippen LogP contribution in [0.25, 0.3) is 0 Å². The molecule has 0 radical (unpaired) electrons. The van der Waals surface area contributed by atoms with Crippen molar-refractivity contribution in [1.82, 2.24) is 0 Å². The van der Waals surface area contributed by atoms with Crippen molar-refractivity contribution in [2.24, 2.45) is 17.8 Å². The largest absolute Gasteiger partial charge is 0.392 e. The van der Waals surface area contributed by atoms with Crippen molar-refractivity contribution in [2.75, 3.05) is 0 Å². The van der Waals surface area contributed by atoms with E-state index >= 15 is 0 Å². The van der Waals surface area contributed by atoms with Crippen molar-refractivity contribution in [3.05, 3.63) is 23.8 Å². The number of aliphatic hydroxyl groups is 2. The summed E-state index contributed by atoms with van der Waals surface area (Å²) >= 11 is 0. The van der Waals surface area contributed by atoms with Crippen molar-refractivity contribution in [3.8, 4) is 0 Å². The lowest BCUT2D eigenvalue weighted by atomic mass is 9.88. The number of hydrogen-bond donors (Lipinski definition) is 2. The summed E-state index contributed by atoms with van der Waals surface area (Å²) in [4.78, 5) is 11.0. The first-order valence-electron chi connectivity index (χ1n) is 10.2. The van der Waals surface area contributed by atoms with Gasteiger partial charge >= 0.3 is 0 Å². The van der Waals surface area contributed by atoms with Crippen LogP contribution >= 0.6 is 0 Å². The average molecular weight is 349 g/mol. The quantitative estimate of drug-likeness (QED) is 0.424.